The van der Waals surface area contributed by atoms with Crippen molar-refractivity contribution in [3.05, 3.63) is 40.9 Å². The molecule has 132 valence electrons. The van der Waals surface area contributed by atoms with E-state index in [9.17, 15) is 4.39 Å². The Morgan fingerprint density at radius 1 is 1.42 bits per heavy atom. The van der Waals surface area contributed by atoms with Gasteiger partial charge in [0, 0.05) is 25.7 Å². The number of nitrogens with two attached hydrogens (primary N) is 1. The molecular formula is C16H22Cl2FN5. The van der Waals surface area contributed by atoms with Crippen LogP contribution in [0.15, 0.2) is 24.4 Å². The number of piperidine rings is 1. The molecule has 24 heavy (non-hydrogen) atoms. The van der Waals surface area contributed by atoms with Crippen LogP contribution < -0.4 is 5.73 Å². The number of hydrogen-bond acceptors (Lipinski definition) is 4. The number of nitrogens with zero attached hydrogens (tertiary/aromatic N) is 4. The number of rotatable bonds is 3. The SMILES string of the molecule is CC1(C)CN(Cc2cn(-c3ccc(F)cc3Cl)nn2)CCC1N.Cl. The van der Waals surface area contributed by atoms with E-state index in [1.807, 2.05) is 6.20 Å². The molecule has 0 aliphatic carbocycles. The molecule has 1 atom stereocenters. The van der Waals surface area contributed by atoms with Crippen molar-refractivity contribution in [1.29, 1.82) is 0 Å². The average Bonchev–Trinajstić information content (AvgIpc) is 2.91. The molecular weight excluding hydrogens is 352 g/mol. The molecule has 5 nitrogen and oxygen atoms in total. The highest BCUT2D eigenvalue weighted by atomic mass is 35.5. The summed E-state index contributed by atoms with van der Waals surface area (Å²) < 4.78 is 14.7. The quantitative estimate of drug-likeness (QED) is 0.897. The monoisotopic (exact) mass is 373 g/mol. The molecule has 2 heterocycles. The molecule has 2 aromatic rings. The third kappa shape index (κ3) is 4.06. The largest absolute Gasteiger partial charge is 0.327 e. The minimum absolute atomic E-state index is 0. The van der Waals surface area contributed by atoms with Gasteiger partial charge in [0.15, 0.2) is 0 Å². The van der Waals surface area contributed by atoms with Crippen molar-refractivity contribution in [3.63, 3.8) is 0 Å². The van der Waals surface area contributed by atoms with Crippen LogP contribution in [-0.2, 0) is 6.54 Å². The van der Waals surface area contributed by atoms with Gasteiger partial charge in [-0.1, -0.05) is 30.7 Å². The predicted molar refractivity (Wildman–Crippen MR) is 95.2 cm³/mol. The van der Waals surface area contributed by atoms with E-state index in [2.05, 4.69) is 29.1 Å². The van der Waals surface area contributed by atoms with Gasteiger partial charge in [-0.3, -0.25) is 4.90 Å². The Balaban J connectivity index is 0.00000208. The highest BCUT2D eigenvalue weighted by molar-refractivity contribution is 6.32. The van der Waals surface area contributed by atoms with Crippen LogP contribution in [0, 0.1) is 11.2 Å². The molecule has 1 saturated heterocycles. The summed E-state index contributed by atoms with van der Waals surface area (Å²) in [7, 11) is 0. The minimum atomic E-state index is -0.369. The third-order valence-corrected chi connectivity index (χ3v) is 4.78. The first-order valence-electron chi connectivity index (χ1n) is 7.70. The van der Waals surface area contributed by atoms with E-state index >= 15 is 0 Å². The van der Waals surface area contributed by atoms with Crippen LogP contribution in [0.3, 0.4) is 0 Å². The molecule has 0 amide bonds. The van der Waals surface area contributed by atoms with Gasteiger partial charge in [-0.05, 0) is 30.0 Å². The molecule has 1 aromatic carbocycles. The topological polar surface area (TPSA) is 60.0 Å². The van der Waals surface area contributed by atoms with Crippen LogP contribution in [0.2, 0.25) is 5.02 Å². The van der Waals surface area contributed by atoms with Crippen LogP contribution in [0.25, 0.3) is 5.69 Å². The fourth-order valence-corrected chi connectivity index (χ4v) is 3.26. The molecule has 0 bridgehead atoms. The first-order chi connectivity index (χ1) is 10.8. The van der Waals surface area contributed by atoms with Gasteiger partial charge < -0.3 is 5.73 Å². The summed E-state index contributed by atoms with van der Waals surface area (Å²) in [6, 6.07) is 4.45. The van der Waals surface area contributed by atoms with Crippen LogP contribution in [0.4, 0.5) is 4.39 Å². The van der Waals surface area contributed by atoms with Gasteiger partial charge in [0.05, 0.1) is 22.6 Å². The second kappa shape index (κ2) is 7.35. The second-order valence-electron chi connectivity index (χ2n) is 6.84. The number of likely N-dealkylation sites (tertiary alicyclic amines) is 1. The lowest BCUT2D eigenvalue weighted by Crippen LogP contribution is -2.52. The Morgan fingerprint density at radius 2 is 2.17 bits per heavy atom. The van der Waals surface area contributed by atoms with Crippen molar-refractivity contribution in [3.8, 4) is 5.69 Å². The fraction of sp³-hybridized carbons (Fsp3) is 0.500. The van der Waals surface area contributed by atoms with Gasteiger partial charge in [-0.15, -0.1) is 17.5 Å². The average molecular weight is 374 g/mol. The standard InChI is InChI=1S/C16H21ClFN5.ClH/c1-16(2)10-22(6-5-15(16)19)8-12-9-23(21-20-12)14-4-3-11(18)7-13(14)17;/h3-4,7,9,15H,5-6,8,10,19H2,1-2H3;1H. The highest BCUT2D eigenvalue weighted by Crippen LogP contribution is 2.28. The van der Waals surface area contributed by atoms with Crippen LogP contribution in [0.1, 0.15) is 26.0 Å². The van der Waals surface area contributed by atoms with Gasteiger partial charge in [-0.2, -0.15) is 0 Å². The Morgan fingerprint density at radius 3 is 2.83 bits per heavy atom. The van der Waals surface area contributed by atoms with Crippen LogP contribution in [0.5, 0.6) is 0 Å². The Hall–Kier alpha value is -1.21. The maximum atomic E-state index is 13.1. The number of halogens is 3. The maximum absolute atomic E-state index is 13.1. The van der Waals surface area contributed by atoms with E-state index in [1.165, 1.54) is 12.1 Å². The van der Waals surface area contributed by atoms with Gasteiger partial charge in [0.1, 0.15) is 5.82 Å². The first-order valence-corrected chi connectivity index (χ1v) is 8.07. The summed E-state index contributed by atoms with van der Waals surface area (Å²) in [6.07, 6.45) is 2.81. The van der Waals surface area contributed by atoms with Crippen molar-refractivity contribution in [2.45, 2.75) is 32.9 Å². The Bertz CT molecular complexity index is 704. The number of hydrogen-bond donors (Lipinski definition) is 1. The normalized spacial score (nSPS) is 20.6. The number of benzene rings is 1. The number of aromatic nitrogens is 3. The summed E-state index contributed by atoms with van der Waals surface area (Å²) >= 11 is 6.07. The second-order valence-corrected chi connectivity index (χ2v) is 7.25. The molecule has 1 unspecified atom stereocenters. The maximum Gasteiger partial charge on any atom is 0.124 e. The molecule has 1 aromatic heterocycles. The molecule has 0 spiro atoms. The highest BCUT2D eigenvalue weighted by Gasteiger charge is 2.33. The summed E-state index contributed by atoms with van der Waals surface area (Å²) in [5, 5.41) is 8.62. The molecule has 1 fully saturated rings. The fourth-order valence-electron chi connectivity index (χ4n) is 3.00. The lowest BCUT2D eigenvalue weighted by molar-refractivity contribution is 0.0889. The zero-order valence-electron chi connectivity index (χ0n) is 13.7. The van der Waals surface area contributed by atoms with Gasteiger partial charge in [-0.25, -0.2) is 9.07 Å². The van der Waals surface area contributed by atoms with E-state index < -0.39 is 0 Å². The van der Waals surface area contributed by atoms with E-state index in [0.717, 1.165) is 31.7 Å². The Kier molecular flexibility index (Phi) is 5.86. The van der Waals surface area contributed by atoms with E-state index in [1.54, 1.807) is 10.7 Å². The van der Waals surface area contributed by atoms with Gasteiger partial charge in [0.25, 0.3) is 0 Å². The summed E-state index contributed by atoms with van der Waals surface area (Å²) in [4.78, 5) is 2.34. The molecule has 1 aliphatic rings. The van der Waals surface area contributed by atoms with Gasteiger partial charge >= 0.3 is 0 Å². The van der Waals surface area contributed by atoms with Crippen molar-refractivity contribution < 1.29 is 4.39 Å². The van der Waals surface area contributed by atoms with E-state index in [0.29, 0.717) is 10.7 Å². The molecule has 8 heteroatoms. The van der Waals surface area contributed by atoms with Crippen LogP contribution in [-0.4, -0.2) is 39.0 Å². The summed E-state index contributed by atoms with van der Waals surface area (Å²) in [6.45, 7) is 6.99. The smallest absolute Gasteiger partial charge is 0.124 e. The summed E-state index contributed by atoms with van der Waals surface area (Å²) in [5.74, 6) is -0.369. The van der Waals surface area contributed by atoms with E-state index in [-0.39, 0.29) is 29.7 Å². The molecule has 3 rings (SSSR count). The Labute approximate surface area is 152 Å². The predicted octanol–water partition coefficient (Wildman–Crippen LogP) is 3.04. The summed E-state index contributed by atoms with van der Waals surface area (Å²) in [5.41, 5.74) is 7.74. The zero-order chi connectivity index (χ0) is 16.6. The van der Waals surface area contributed by atoms with E-state index in [4.69, 9.17) is 17.3 Å². The minimum Gasteiger partial charge on any atom is -0.327 e. The molecule has 2 N–H and O–H groups in total. The van der Waals surface area contributed by atoms with Crippen LogP contribution >= 0.6 is 24.0 Å². The lowest BCUT2D eigenvalue weighted by atomic mass is 9.80. The van der Waals surface area contributed by atoms with Crippen molar-refractivity contribution in [2.75, 3.05) is 13.1 Å². The van der Waals surface area contributed by atoms with Crippen molar-refractivity contribution in [2.24, 2.45) is 11.1 Å². The lowest BCUT2D eigenvalue weighted by Gasteiger charge is -2.42. The third-order valence-electron chi connectivity index (χ3n) is 4.47. The zero-order valence-corrected chi connectivity index (χ0v) is 15.3. The molecule has 0 radical (unpaired) electrons. The van der Waals surface area contributed by atoms with Gasteiger partial charge in [0.2, 0.25) is 0 Å². The first kappa shape index (κ1) is 19.1. The molecule has 0 saturated carbocycles. The van der Waals surface area contributed by atoms with Crippen molar-refractivity contribution >= 4 is 24.0 Å². The van der Waals surface area contributed by atoms with Crippen molar-refractivity contribution in [1.82, 2.24) is 19.9 Å². The molecule has 1 aliphatic heterocycles.